The first kappa shape index (κ1) is 18.1. The molecule has 0 bridgehead atoms. The Labute approximate surface area is 147 Å². The molecule has 24 heavy (non-hydrogen) atoms. The maximum atomic E-state index is 4.29. The smallest absolute Gasteiger partial charge is 0.0414 e. The second kappa shape index (κ2) is 8.05. The molecule has 0 radical (unpaired) electrons. The van der Waals surface area contributed by atoms with Crippen LogP contribution in [0.5, 0.6) is 0 Å². The van der Waals surface area contributed by atoms with Crippen LogP contribution in [0.15, 0.2) is 66.0 Å². The van der Waals surface area contributed by atoms with Crippen molar-refractivity contribution in [1.82, 2.24) is 4.90 Å². The highest BCUT2D eigenvalue weighted by Crippen LogP contribution is 2.24. The number of anilines is 1. The van der Waals surface area contributed by atoms with E-state index in [1.54, 1.807) is 0 Å². The van der Waals surface area contributed by atoms with Gasteiger partial charge in [-0.1, -0.05) is 36.9 Å². The van der Waals surface area contributed by atoms with E-state index >= 15 is 0 Å². The van der Waals surface area contributed by atoms with Crippen LogP contribution in [-0.2, 0) is 0 Å². The SMILES string of the molecule is C=C(Nc1ccc(C)cc1C)/C(C)=C/C(=C\C)C(=C)N1CCCC1. The summed E-state index contributed by atoms with van der Waals surface area (Å²) in [5.41, 5.74) is 7.97. The summed E-state index contributed by atoms with van der Waals surface area (Å²) in [6.07, 6.45) is 6.84. The third-order valence-corrected chi connectivity index (χ3v) is 4.65. The lowest BCUT2D eigenvalue weighted by atomic mass is 10.1. The van der Waals surface area contributed by atoms with Gasteiger partial charge in [0.2, 0.25) is 0 Å². The van der Waals surface area contributed by atoms with Crippen molar-refractivity contribution < 1.29 is 0 Å². The maximum absolute atomic E-state index is 4.29. The number of nitrogens with one attached hydrogen (secondary N) is 1. The minimum atomic E-state index is 0.926. The maximum Gasteiger partial charge on any atom is 0.0414 e. The second-order valence-electron chi connectivity index (χ2n) is 6.63. The fourth-order valence-corrected chi connectivity index (χ4v) is 3.04. The minimum absolute atomic E-state index is 0.926. The average Bonchev–Trinajstić information content (AvgIpc) is 3.08. The molecule has 1 saturated heterocycles. The van der Waals surface area contributed by atoms with Crippen LogP contribution in [0.25, 0.3) is 0 Å². The second-order valence-corrected chi connectivity index (χ2v) is 6.63. The van der Waals surface area contributed by atoms with Crippen molar-refractivity contribution in [3.63, 3.8) is 0 Å². The highest BCUT2D eigenvalue weighted by atomic mass is 15.1. The van der Waals surface area contributed by atoms with Gasteiger partial charge in [0.15, 0.2) is 0 Å². The molecule has 1 fully saturated rings. The van der Waals surface area contributed by atoms with Crippen molar-refractivity contribution in [1.29, 1.82) is 0 Å². The normalized spacial score (nSPS) is 15.6. The van der Waals surface area contributed by atoms with Gasteiger partial charge in [0.05, 0.1) is 0 Å². The monoisotopic (exact) mass is 322 g/mol. The summed E-state index contributed by atoms with van der Waals surface area (Å²) in [5, 5.41) is 3.44. The molecule has 1 aliphatic heterocycles. The zero-order chi connectivity index (χ0) is 17.7. The Morgan fingerprint density at radius 2 is 1.83 bits per heavy atom. The van der Waals surface area contributed by atoms with Crippen LogP contribution in [0, 0.1) is 13.8 Å². The number of aryl methyl sites for hydroxylation is 2. The van der Waals surface area contributed by atoms with E-state index in [4.69, 9.17) is 0 Å². The van der Waals surface area contributed by atoms with Gasteiger partial charge in [-0.25, -0.2) is 0 Å². The van der Waals surface area contributed by atoms with E-state index in [2.05, 4.69) is 81.4 Å². The summed E-state index contributed by atoms with van der Waals surface area (Å²) in [7, 11) is 0. The molecule has 0 saturated carbocycles. The fourth-order valence-electron chi connectivity index (χ4n) is 3.04. The van der Waals surface area contributed by atoms with Crippen LogP contribution in [-0.4, -0.2) is 18.0 Å². The van der Waals surface area contributed by atoms with E-state index in [0.29, 0.717) is 0 Å². The Bertz CT molecular complexity index is 686. The molecule has 1 aromatic carbocycles. The summed E-state index contributed by atoms with van der Waals surface area (Å²) in [4.78, 5) is 2.37. The van der Waals surface area contributed by atoms with E-state index in [1.807, 2.05) is 0 Å². The quantitative estimate of drug-likeness (QED) is 0.673. The van der Waals surface area contributed by atoms with Gasteiger partial charge in [0, 0.05) is 30.2 Å². The molecule has 2 heteroatoms. The summed E-state index contributed by atoms with van der Waals surface area (Å²) >= 11 is 0. The van der Waals surface area contributed by atoms with E-state index in [1.165, 1.54) is 29.5 Å². The summed E-state index contributed by atoms with van der Waals surface area (Å²) in [6.45, 7) is 19.1. The van der Waals surface area contributed by atoms with E-state index in [-0.39, 0.29) is 0 Å². The predicted octanol–water partition coefficient (Wildman–Crippen LogP) is 5.73. The molecule has 0 aromatic heterocycles. The molecule has 1 N–H and O–H groups in total. The topological polar surface area (TPSA) is 15.3 Å². The van der Waals surface area contributed by atoms with Crippen molar-refractivity contribution in [3.8, 4) is 0 Å². The van der Waals surface area contributed by atoms with E-state index < -0.39 is 0 Å². The van der Waals surface area contributed by atoms with Gasteiger partial charge < -0.3 is 10.2 Å². The third-order valence-electron chi connectivity index (χ3n) is 4.65. The molecule has 0 amide bonds. The minimum Gasteiger partial charge on any atom is -0.372 e. The number of allylic oxidation sites excluding steroid dienone is 3. The summed E-state index contributed by atoms with van der Waals surface area (Å²) in [6, 6.07) is 6.42. The average molecular weight is 322 g/mol. The fraction of sp³-hybridized carbons (Fsp3) is 0.364. The van der Waals surface area contributed by atoms with Crippen LogP contribution in [0.1, 0.15) is 37.8 Å². The Hall–Kier alpha value is -2.22. The van der Waals surface area contributed by atoms with Crippen LogP contribution in [0.4, 0.5) is 5.69 Å². The lowest BCUT2D eigenvalue weighted by molar-refractivity contribution is 0.438. The molecular weight excluding hydrogens is 292 g/mol. The van der Waals surface area contributed by atoms with Gasteiger partial charge >= 0.3 is 0 Å². The standard InChI is InChI=1S/C22H30N2/c1-7-21(20(6)24-12-8-9-13-24)15-17(3)19(5)23-22-11-10-16(2)14-18(22)4/h7,10-11,14-15,23H,5-6,8-9,12-13H2,1-4H3/b17-15+,21-7+. The molecule has 0 spiro atoms. The molecule has 0 atom stereocenters. The Morgan fingerprint density at radius 3 is 2.42 bits per heavy atom. The number of likely N-dealkylation sites (tertiary alicyclic amines) is 1. The largest absolute Gasteiger partial charge is 0.372 e. The van der Waals surface area contributed by atoms with Crippen molar-refractivity contribution in [2.45, 2.75) is 40.5 Å². The molecule has 128 valence electrons. The van der Waals surface area contributed by atoms with Gasteiger partial charge in [-0.3, -0.25) is 0 Å². The van der Waals surface area contributed by atoms with Crippen LogP contribution >= 0.6 is 0 Å². The zero-order valence-electron chi connectivity index (χ0n) is 15.6. The molecule has 1 aromatic rings. The number of hydrogen-bond acceptors (Lipinski definition) is 2. The summed E-state index contributed by atoms with van der Waals surface area (Å²) in [5.74, 6) is 0. The number of rotatable bonds is 6. The molecule has 1 heterocycles. The lowest BCUT2D eigenvalue weighted by Crippen LogP contribution is -2.18. The third kappa shape index (κ3) is 4.41. The molecule has 0 unspecified atom stereocenters. The molecule has 2 rings (SSSR count). The highest BCUT2D eigenvalue weighted by Gasteiger charge is 2.15. The summed E-state index contributed by atoms with van der Waals surface area (Å²) < 4.78 is 0. The van der Waals surface area contributed by atoms with Crippen LogP contribution in [0.2, 0.25) is 0 Å². The molecule has 0 aliphatic carbocycles. The van der Waals surface area contributed by atoms with Gasteiger partial charge in [-0.2, -0.15) is 0 Å². The molecular formula is C22H30N2. The van der Waals surface area contributed by atoms with Gasteiger partial charge in [-0.05, 0) is 69.4 Å². The van der Waals surface area contributed by atoms with Crippen molar-refractivity contribution in [2.75, 3.05) is 18.4 Å². The zero-order valence-corrected chi connectivity index (χ0v) is 15.6. The number of nitrogens with zero attached hydrogens (tertiary/aromatic N) is 1. The molecule has 2 nitrogen and oxygen atoms in total. The van der Waals surface area contributed by atoms with Gasteiger partial charge in [-0.15, -0.1) is 0 Å². The van der Waals surface area contributed by atoms with Crippen LogP contribution < -0.4 is 5.32 Å². The number of hydrogen-bond donors (Lipinski definition) is 1. The van der Waals surface area contributed by atoms with E-state index in [9.17, 15) is 0 Å². The first-order chi connectivity index (χ1) is 11.4. The molecule has 1 aliphatic rings. The van der Waals surface area contributed by atoms with E-state index in [0.717, 1.165) is 35.7 Å². The highest BCUT2D eigenvalue weighted by molar-refractivity contribution is 5.58. The van der Waals surface area contributed by atoms with Gasteiger partial charge in [0.1, 0.15) is 0 Å². The Balaban J connectivity index is 2.10. The lowest BCUT2D eigenvalue weighted by Gasteiger charge is -2.22. The first-order valence-corrected chi connectivity index (χ1v) is 8.74. The van der Waals surface area contributed by atoms with Crippen LogP contribution in [0.3, 0.4) is 0 Å². The predicted molar refractivity (Wildman–Crippen MR) is 106 cm³/mol. The number of benzene rings is 1. The van der Waals surface area contributed by atoms with Gasteiger partial charge in [0.25, 0.3) is 0 Å². The van der Waals surface area contributed by atoms with Crippen molar-refractivity contribution >= 4 is 5.69 Å². The van der Waals surface area contributed by atoms with Crippen molar-refractivity contribution in [3.05, 3.63) is 77.2 Å². The van der Waals surface area contributed by atoms with Crippen molar-refractivity contribution in [2.24, 2.45) is 0 Å². The Morgan fingerprint density at radius 1 is 1.17 bits per heavy atom. The Kier molecular flexibility index (Phi) is 6.08. The first-order valence-electron chi connectivity index (χ1n) is 8.74.